The van der Waals surface area contributed by atoms with E-state index in [4.69, 9.17) is 5.41 Å². The molecule has 36 heavy (non-hydrogen) atoms. The molecule has 2 aliphatic rings. The van der Waals surface area contributed by atoms with Gasteiger partial charge in [0.15, 0.2) is 5.78 Å². The van der Waals surface area contributed by atoms with Crippen molar-refractivity contribution in [2.24, 2.45) is 5.41 Å². The van der Waals surface area contributed by atoms with Gasteiger partial charge in [0, 0.05) is 43.0 Å². The lowest BCUT2D eigenvalue weighted by Gasteiger charge is -2.36. The summed E-state index contributed by atoms with van der Waals surface area (Å²) in [5.41, 5.74) is 1.80. The number of rotatable bonds is 7. The number of nitrogens with zero attached hydrogens (tertiary/aromatic N) is 6. The molecule has 1 aliphatic carbocycles. The Labute approximate surface area is 214 Å². The van der Waals surface area contributed by atoms with Gasteiger partial charge in [-0.15, -0.1) is 5.10 Å². The Hall–Kier alpha value is -2.88. The highest BCUT2D eigenvalue weighted by molar-refractivity contribution is 5.91. The van der Waals surface area contributed by atoms with E-state index in [1.807, 2.05) is 12.3 Å². The Kier molecular flexibility index (Phi) is 8.81. The van der Waals surface area contributed by atoms with Gasteiger partial charge in [0.2, 0.25) is 5.95 Å². The number of hydrogen-bond donors (Lipinski definition) is 3. The molecule has 4 rings (SSSR count). The maximum absolute atomic E-state index is 11.9. The zero-order valence-electron chi connectivity index (χ0n) is 22.7. The smallest absolute Gasteiger partial charge is 0.223 e. The fourth-order valence-corrected chi connectivity index (χ4v) is 4.46. The van der Waals surface area contributed by atoms with Crippen LogP contribution in [-0.4, -0.2) is 71.3 Å². The molecule has 0 bridgehead atoms. The van der Waals surface area contributed by atoms with Crippen LogP contribution in [0.25, 0.3) is 0 Å². The van der Waals surface area contributed by atoms with Gasteiger partial charge in [-0.25, -0.2) is 14.6 Å². The summed E-state index contributed by atoms with van der Waals surface area (Å²) in [5.74, 6) is 1.55. The van der Waals surface area contributed by atoms with E-state index in [9.17, 15) is 9.90 Å². The number of likely N-dealkylation sites (tertiary alicyclic amines) is 1. The summed E-state index contributed by atoms with van der Waals surface area (Å²) in [5, 5.41) is 30.4. The number of hydrogen-bond acceptors (Lipinski definition) is 8. The maximum atomic E-state index is 11.9. The fourth-order valence-electron chi connectivity index (χ4n) is 4.46. The zero-order chi connectivity index (χ0) is 26.6. The highest BCUT2D eigenvalue weighted by atomic mass is 16.3. The summed E-state index contributed by atoms with van der Waals surface area (Å²) < 4.78 is 1.76. The lowest BCUT2D eigenvalue weighted by atomic mass is 9.85. The van der Waals surface area contributed by atoms with E-state index in [1.54, 1.807) is 15.8 Å². The van der Waals surface area contributed by atoms with Crippen molar-refractivity contribution in [1.82, 2.24) is 29.9 Å². The number of anilines is 1. The first-order chi connectivity index (χ1) is 16.9. The molecule has 3 heterocycles. The lowest BCUT2D eigenvalue weighted by Crippen LogP contribution is -2.46. The highest BCUT2D eigenvalue weighted by Gasteiger charge is 2.42. The molecule has 0 radical (unpaired) electrons. The number of aliphatic hydroxyl groups excluding tert-OH is 1. The van der Waals surface area contributed by atoms with Crippen LogP contribution in [0.1, 0.15) is 91.1 Å². The molecule has 2 fully saturated rings. The third-order valence-electron chi connectivity index (χ3n) is 6.42. The maximum Gasteiger partial charge on any atom is 0.223 e. The number of aryl methyl sites for hydroxylation is 1. The average molecular weight is 499 g/mol. The van der Waals surface area contributed by atoms with Crippen LogP contribution in [-0.2, 0) is 11.2 Å². The number of nitrogens with one attached hydrogen (secondary N) is 2. The number of aliphatic hydroxyl groups is 1. The Balaban J connectivity index is 0.000000253. The summed E-state index contributed by atoms with van der Waals surface area (Å²) in [6, 6.07) is 1.57. The largest absolute Gasteiger partial charge is 0.391 e. The summed E-state index contributed by atoms with van der Waals surface area (Å²) in [4.78, 5) is 22.1. The minimum absolute atomic E-state index is 0.0128. The van der Waals surface area contributed by atoms with E-state index >= 15 is 0 Å². The molecule has 1 unspecified atom stereocenters. The molecule has 3 atom stereocenters. The summed E-state index contributed by atoms with van der Waals surface area (Å²) in [6.07, 6.45) is 6.81. The molecule has 10 heteroatoms. The number of carbonyl (C=O) groups is 1. The zero-order valence-corrected chi connectivity index (χ0v) is 22.7. The predicted octanol–water partition coefficient (Wildman–Crippen LogP) is 3.60. The number of ketones is 1. The summed E-state index contributed by atoms with van der Waals surface area (Å²) >= 11 is 0. The Bertz CT molecular complexity index is 1040. The van der Waals surface area contributed by atoms with E-state index in [0.29, 0.717) is 30.8 Å². The third kappa shape index (κ3) is 7.09. The normalized spacial score (nSPS) is 20.6. The van der Waals surface area contributed by atoms with Crippen LogP contribution in [0.5, 0.6) is 0 Å². The molecule has 3 N–H and O–H groups in total. The Morgan fingerprint density at radius 3 is 2.56 bits per heavy atom. The van der Waals surface area contributed by atoms with Crippen LogP contribution in [0.3, 0.4) is 0 Å². The van der Waals surface area contributed by atoms with Crippen molar-refractivity contribution < 1.29 is 9.90 Å². The van der Waals surface area contributed by atoms with Gasteiger partial charge in [0.25, 0.3) is 0 Å². The topological polar surface area (TPSA) is 133 Å². The van der Waals surface area contributed by atoms with Gasteiger partial charge in [-0.3, -0.25) is 10.2 Å². The number of carbonyl (C=O) groups excluding carboxylic acids is 1. The molecule has 0 amide bonds. The van der Waals surface area contributed by atoms with E-state index in [0.717, 1.165) is 36.6 Å². The second kappa shape index (κ2) is 11.5. The molecule has 198 valence electrons. The monoisotopic (exact) mass is 498 g/mol. The number of Topliss-reactive ketones (excluding diaryl/α,β-unsaturated/α-hetero) is 1. The van der Waals surface area contributed by atoms with Crippen molar-refractivity contribution in [1.29, 1.82) is 5.41 Å². The van der Waals surface area contributed by atoms with Gasteiger partial charge in [0.05, 0.1) is 17.8 Å². The van der Waals surface area contributed by atoms with Crippen molar-refractivity contribution in [3.63, 3.8) is 0 Å². The minimum Gasteiger partial charge on any atom is -0.391 e. The van der Waals surface area contributed by atoms with Crippen molar-refractivity contribution in [3.05, 3.63) is 29.8 Å². The van der Waals surface area contributed by atoms with E-state index < -0.39 is 12.1 Å². The van der Waals surface area contributed by atoms with Gasteiger partial charge >= 0.3 is 0 Å². The second-order valence-corrected chi connectivity index (χ2v) is 11.2. The molecular formula is C26H42N8O2. The molecule has 1 saturated carbocycles. The van der Waals surface area contributed by atoms with Gasteiger partial charge in [0.1, 0.15) is 11.9 Å². The van der Waals surface area contributed by atoms with E-state index in [1.165, 1.54) is 6.92 Å². The summed E-state index contributed by atoms with van der Waals surface area (Å²) in [7, 11) is 0. The first-order valence-corrected chi connectivity index (χ1v) is 12.9. The van der Waals surface area contributed by atoms with E-state index in [-0.39, 0.29) is 17.2 Å². The van der Waals surface area contributed by atoms with Gasteiger partial charge in [-0.2, -0.15) is 0 Å². The van der Waals surface area contributed by atoms with Crippen LogP contribution in [0.15, 0.2) is 18.5 Å². The van der Waals surface area contributed by atoms with Gasteiger partial charge in [-0.05, 0) is 51.5 Å². The van der Waals surface area contributed by atoms with Gasteiger partial charge in [-0.1, -0.05) is 32.9 Å². The lowest BCUT2D eigenvalue weighted by molar-refractivity contribution is -0.120. The molecule has 1 aliphatic heterocycles. The van der Waals surface area contributed by atoms with Crippen molar-refractivity contribution >= 4 is 17.6 Å². The Morgan fingerprint density at radius 1 is 1.31 bits per heavy atom. The number of amidine groups is 1. The third-order valence-corrected chi connectivity index (χ3v) is 6.42. The molecule has 1 saturated heterocycles. The number of aromatic nitrogens is 5. The van der Waals surface area contributed by atoms with Crippen LogP contribution < -0.4 is 5.32 Å². The standard InChI is InChI=1S/C17H27N5O2.C9H15N3/c1-10(23)14-7-12(24)8-21(14)16(18)15(17(2,3)4)22-9-13(19-20-22)11-5-6-11;1-4-8-5-6-10-9(12-8)11-7(2)3/h9,11-12,14-15,18,24H,5-8H2,1-4H3;5-7H,4H2,1-3H3,(H,10,11,12)/t12?,14-,15+;/m0./s1. The van der Waals surface area contributed by atoms with Crippen molar-refractivity contribution in [3.8, 4) is 0 Å². The Morgan fingerprint density at radius 2 is 2.00 bits per heavy atom. The molecule has 10 nitrogen and oxygen atoms in total. The molecule has 0 aromatic carbocycles. The van der Waals surface area contributed by atoms with Crippen LogP contribution in [0.4, 0.5) is 5.95 Å². The van der Waals surface area contributed by atoms with Crippen molar-refractivity contribution in [2.45, 2.75) is 104 Å². The molecule has 2 aromatic heterocycles. The van der Waals surface area contributed by atoms with Gasteiger partial charge < -0.3 is 15.3 Å². The first-order valence-electron chi connectivity index (χ1n) is 12.9. The van der Waals surface area contributed by atoms with Crippen LogP contribution >= 0.6 is 0 Å². The first kappa shape index (κ1) is 27.7. The molecular weight excluding hydrogens is 456 g/mol. The van der Waals surface area contributed by atoms with Crippen molar-refractivity contribution in [2.75, 3.05) is 11.9 Å². The van der Waals surface area contributed by atoms with Crippen LogP contribution in [0.2, 0.25) is 0 Å². The SMILES string of the molecule is CC(=O)[C@@H]1CC(O)CN1C(=N)[C@@H](n1cc(C2CC2)nn1)C(C)(C)C.CCc1ccnc(NC(C)C)n1. The quantitative estimate of drug-likeness (QED) is 0.389. The highest BCUT2D eigenvalue weighted by Crippen LogP contribution is 2.40. The fraction of sp³-hybridized carbons (Fsp3) is 0.692. The second-order valence-electron chi connectivity index (χ2n) is 11.2. The molecule has 2 aromatic rings. The molecule has 0 spiro atoms. The van der Waals surface area contributed by atoms with E-state index in [2.05, 4.69) is 67.1 Å². The predicted molar refractivity (Wildman–Crippen MR) is 140 cm³/mol. The minimum atomic E-state index is -0.572. The van der Waals surface area contributed by atoms with Crippen LogP contribution in [0, 0.1) is 10.8 Å². The number of β-amino-alcohol motifs (C(OH)–C–C–N with tert-alkyl or cyclic N) is 1. The average Bonchev–Trinajstić information content (AvgIpc) is 3.39. The summed E-state index contributed by atoms with van der Waals surface area (Å²) in [6.45, 7) is 14.2.